The number of benzene rings is 4. The Hall–Kier alpha value is -3.60. The van der Waals surface area contributed by atoms with Gasteiger partial charge in [0.15, 0.2) is 0 Å². The van der Waals surface area contributed by atoms with Crippen LogP contribution in [0.1, 0.15) is 74.9 Å². The fourth-order valence-electron chi connectivity index (χ4n) is 6.84. The molecule has 0 atom stereocenters. The van der Waals surface area contributed by atoms with Crippen molar-refractivity contribution in [1.29, 1.82) is 0 Å². The van der Waals surface area contributed by atoms with Crippen molar-refractivity contribution < 1.29 is 18.9 Å². The molecule has 0 radical (unpaired) electrons. The van der Waals surface area contributed by atoms with E-state index >= 15 is 0 Å². The van der Waals surface area contributed by atoms with E-state index in [0.717, 1.165) is 24.3 Å². The van der Waals surface area contributed by atoms with Crippen LogP contribution in [0.15, 0.2) is 84.9 Å². The zero-order valence-electron chi connectivity index (χ0n) is 28.0. The number of rotatable bonds is 16. The van der Waals surface area contributed by atoms with Crippen LogP contribution in [0, 0.1) is 11.8 Å². The summed E-state index contributed by atoms with van der Waals surface area (Å²) in [7, 11) is 0. The van der Waals surface area contributed by atoms with Gasteiger partial charge in [-0.15, -0.1) is 0 Å². The first kappa shape index (κ1) is 32.8. The molecule has 0 unspecified atom stereocenters. The van der Waals surface area contributed by atoms with Gasteiger partial charge < -0.3 is 18.9 Å². The van der Waals surface area contributed by atoms with E-state index in [1.165, 1.54) is 44.5 Å². The normalized spacial score (nSPS) is 13.2. The topological polar surface area (TPSA) is 36.9 Å². The molecule has 5 rings (SSSR count). The van der Waals surface area contributed by atoms with E-state index in [-0.39, 0.29) is 0 Å². The molecule has 0 bridgehead atoms. The Labute approximate surface area is 270 Å². The minimum atomic E-state index is -0.488. The van der Waals surface area contributed by atoms with Gasteiger partial charge in [-0.3, -0.25) is 0 Å². The van der Waals surface area contributed by atoms with Crippen LogP contribution in [0.25, 0.3) is 11.1 Å². The minimum Gasteiger partial charge on any atom is -0.491 e. The van der Waals surface area contributed by atoms with Crippen LogP contribution in [-0.2, 0) is 27.7 Å². The molecule has 0 saturated heterocycles. The third-order valence-electron chi connectivity index (χ3n) is 8.57. The zero-order valence-corrected chi connectivity index (χ0v) is 28.0. The fraction of sp³-hybridized carbons (Fsp3) is 0.415. The molecule has 4 aromatic rings. The van der Waals surface area contributed by atoms with E-state index in [9.17, 15) is 0 Å². The van der Waals surface area contributed by atoms with E-state index < -0.39 is 5.41 Å². The van der Waals surface area contributed by atoms with Gasteiger partial charge in [-0.25, -0.2) is 0 Å². The van der Waals surface area contributed by atoms with Crippen molar-refractivity contribution in [2.45, 2.75) is 59.8 Å². The SMILES string of the molecule is CCOCCOc1ccc(C2(c3ccc(OCCOCC)c(CC(C)C)c3)c3ccccc3-c3ccccc32)cc1CC(C)C. The number of fused-ring (bicyclic) bond motifs is 3. The monoisotopic (exact) mass is 606 g/mol. The predicted molar refractivity (Wildman–Crippen MR) is 185 cm³/mol. The molecule has 1 aliphatic carbocycles. The highest BCUT2D eigenvalue weighted by Gasteiger charge is 2.46. The summed E-state index contributed by atoms with van der Waals surface area (Å²) in [5, 5.41) is 0. The highest BCUT2D eigenvalue weighted by Crippen LogP contribution is 2.56. The average molecular weight is 607 g/mol. The van der Waals surface area contributed by atoms with Gasteiger partial charge >= 0.3 is 0 Å². The molecular weight excluding hydrogens is 556 g/mol. The van der Waals surface area contributed by atoms with Crippen LogP contribution in [0.3, 0.4) is 0 Å². The molecule has 0 heterocycles. The second-order valence-corrected chi connectivity index (χ2v) is 12.8. The van der Waals surface area contributed by atoms with Gasteiger partial charge in [-0.1, -0.05) is 100 Å². The molecule has 238 valence electrons. The lowest BCUT2D eigenvalue weighted by molar-refractivity contribution is 0.110. The number of hydrogen-bond acceptors (Lipinski definition) is 4. The molecule has 1 aliphatic rings. The molecule has 0 saturated carbocycles. The van der Waals surface area contributed by atoms with Crippen molar-refractivity contribution in [3.63, 3.8) is 0 Å². The highest BCUT2D eigenvalue weighted by molar-refractivity contribution is 5.86. The molecule has 0 amide bonds. The van der Waals surface area contributed by atoms with E-state index in [0.29, 0.717) is 51.5 Å². The summed E-state index contributed by atoms with van der Waals surface area (Å²) >= 11 is 0. The first-order valence-electron chi connectivity index (χ1n) is 16.8. The van der Waals surface area contributed by atoms with Gasteiger partial charge in [-0.05, 0) is 95.2 Å². The lowest BCUT2D eigenvalue weighted by atomic mass is 9.67. The van der Waals surface area contributed by atoms with Crippen molar-refractivity contribution in [3.8, 4) is 22.6 Å². The van der Waals surface area contributed by atoms with Crippen LogP contribution in [0.4, 0.5) is 0 Å². The van der Waals surface area contributed by atoms with Gasteiger partial charge in [0, 0.05) is 13.2 Å². The second kappa shape index (κ2) is 15.1. The van der Waals surface area contributed by atoms with Gasteiger partial charge in [0.1, 0.15) is 24.7 Å². The van der Waals surface area contributed by atoms with Gasteiger partial charge in [-0.2, -0.15) is 0 Å². The Bertz CT molecular complexity index is 1440. The van der Waals surface area contributed by atoms with Gasteiger partial charge in [0.2, 0.25) is 0 Å². The summed E-state index contributed by atoms with van der Waals surface area (Å²) in [5.41, 5.74) is 9.70. The molecule has 0 aromatic heterocycles. The summed E-state index contributed by atoms with van der Waals surface area (Å²) < 4.78 is 23.8. The third-order valence-corrected chi connectivity index (χ3v) is 8.57. The molecule has 4 heteroatoms. The predicted octanol–water partition coefficient (Wildman–Crippen LogP) is 9.28. The first-order chi connectivity index (χ1) is 21.9. The van der Waals surface area contributed by atoms with Crippen LogP contribution in [-0.4, -0.2) is 39.6 Å². The second-order valence-electron chi connectivity index (χ2n) is 12.8. The Morgan fingerprint density at radius 1 is 0.533 bits per heavy atom. The summed E-state index contributed by atoms with van der Waals surface area (Å²) in [6.45, 7) is 16.8. The zero-order chi connectivity index (χ0) is 31.8. The fourth-order valence-corrected chi connectivity index (χ4v) is 6.84. The maximum Gasteiger partial charge on any atom is 0.122 e. The van der Waals surface area contributed by atoms with Crippen molar-refractivity contribution in [3.05, 3.63) is 118 Å². The molecule has 0 aliphatic heterocycles. The molecule has 0 N–H and O–H groups in total. The molecular formula is C41H50O4. The molecule has 4 aromatic carbocycles. The first-order valence-corrected chi connectivity index (χ1v) is 16.8. The largest absolute Gasteiger partial charge is 0.491 e. The molecule has 0 spiro atoms. The van der Waals surface area contributed by atoms with Crippen molar-refractivity contribution in [1.82, 2.24) is 0 Å². The lowest BCUT2D eigenvalue weighted by Gasteiger charge is -2.35. The van der Waals surface area contributed by atoms with Crippen molar-refractivity contribution in [2.24, 2.45) is 11.8 Å². The summed E-state index contributed by atoms with van der Waals surface area (Å²) in [6.07, 6.45) is 1.87. The summed E-state index contributed by atoms with van der Waals surface area (Å²) in [5.74, 6) is 2.86. The quantitative estimate of drug-likeness (QED) is 0.105. The minimum absolute atomic E-state index is 0.486. The van der Waals surface area contributed by atoms with Gasteiger partial charge in [0.05, 0.1) is 18.6 Å². The number of hydrogen-bond donors (Lipinski definition) is 0. The van der Waals surface area contributed by atoms with Crippen LogP contribution < -0.4 is 9.47 Å². The Morgan fingerprint density at radius 2 is 0.956 bits per heavy atom. The molecule has 4 nitrogen and oxygen atoms in total. The molecule has 45 heavy (non-hydrogen) atoms. The van der Waals surface area contributed by atoms with E-state index in [4.69, 9.17) is 18.9 Å². The highest BCUT2D eigenvalue weighted by atomic mass is 16.5. The van der Waals surface area contributed by atoms with Crippen LogP contribution in [0.5, 0.6) is 11.5 Å². The van der Waals surface area contributed by atoms with E-state index in [1.807, 2.05) is 13.8 Å². The Kier molecular flexibility index (Phi) is 11.0. The van der Waals surface area contributed by atoms with Crippen LogP contribution >= 0.6 is 0 Å². The average Bonchev–Trinajstić information content (AvgIpc) is 3.33. The van der Waals surface area contributed by atoms with E-state index in [2.05, 4.69) is 113 Å². The molecule has 0 fully saturated rings. The van der Waals surface area contributed by atoms with E-state index in [1.54, 1.807) is 0 Å². The maximum atomic E-state index is 6.32. The standard InChI is InChI=1S/C41H50O4/c1-7-42-21-23-44-39-19-17-33(27-31(39)25-29(3)4)41(37-15-11-9-13-35(37)36-14-10-12-16-38(36)41)34-18-20-40(45-24-22-43-8-2)32(28-34)26-30(5)6/h9-20,27-30H,7-8,21-26H2,1-6H3. The lowest BCUT2D eigenvalue weighted by Crippen LogP contribution is -2.29. The Morgan fingerprint density at radius 3 is 1.36 bits per heavy atom. The van der Waals surface area contributed by atoms with Gasteiger partial charge in [0.25, 0.3) is 0 Å². The van der Waals surface area contributed by atoms with Crippen molar-refractivity contribution >= 4 is 0 Å². The third kappa shape index (κ3) is 6.98. The van der Waals surface area contributed by atoms with Crippen LogP contribution in [0.2, 0.25) is 0 Å². The van der Waals surface area contributed by atoms with Crippen molar-refractivity contribution in [2.75, 3.05) is 39.6 Å². The summed E-state index contributed by atoms with van der Waals surface area (Å²) in [6, 6.07) is 31.6. The number of ether oxygens (including phenoxy) is 4. The maximum absolute atomic E-state index is 6.32. The smallest absolute Gasteiger partial charge is 0.122 e. The summed E-state index contributed by atoms with van der Waals surface area (Å²) in [4.78, 5) is 0. The Balaban J connectivity index is 1.72.